The van der Waals surface area contributed by atoms with Crippen LogP contribution >= 0.6 is 24.0 Å². The van der Waals surface area contributed by atoms with Crippen LogP contribution in [0.5, 0.6) is 0 Å². The second kappa shape index (κ2) is 10.1. The van der Waals surface area contributed by atoms with Crippen LogP contribution in [0.2, 0.25) is 0 Å². The lowest BCUT2D eigenvalue weighted by Crippen LogP contribution is -2.33. The lowest BCUT2D eigenvalue weighted by atomic mass is 10.2. The van der Waals surface area contributed by atoms with Crippen LogP contribution in [0.3, 0.4) is 0 Å². The van der Waals surface area contributed by atoms with Crippen LogP contribution in [0.25, 0.3) is 17.4 Å². The average molecular weight is 571 g/mol. The number of nitrogens with zero attached hydrogens (tertiary/aromatic N) is 5. The van der Waals surface area contributed by atoms with E-state index in [1.165, 1.54) is 20.1 Å². The molecule has 0 spiro atoms. The topological polar surface area (TPSA) is 107 Å². The fourth-order valence-corrected chi connectivity index (χ4v) is 5.81. The molecule has 10 nitrogen and oxygen atoms in total. The number of para-hydroxylation sites is 1. The van der Waals surface area contributed by atoms with Gasteiger partial charge in [0.15, 0.2) is 4.32 Å². The molecule has 5 heterocycles. The summed E-state index contributed by atoms with van der Waals surface area (Å²) in [6, 6.07) is 18.0. The predicted octanol–water partition coefficient (Wildman–Crippen LogP) is 4.10. The first-order chi connectivity index (χ1) is 19.3. The highest BCUT2D eigenvalue weighted by atomic mass is 32.2. The van der Waals surface area contributed by atoms with Gasteiger partial charge >= 0.3 is 0 Å². The van der Waals surface area contributed by atoms with Gasteiger partial charge in [0, 0.05) is 13.2 Å². The Morgan fingerprint density at radius 2 is 1.80 bits per heavy atom. The molecule has 1 aliphatic heterocycles. The van der Waals surface area contributed by atoms with Gasteiger partial charge < -0.3 is 9.73 Å². The lowest BCUT2D eigenvalue weighted by molar-refractivity contribution is -0.113. The Balaban J connectivity index is 1.43. The highest BCUT2D eigenvalue weighted by Gasteiger charge is 2.38. The van der Waals surface area contributed by atoms with Crippen LogP contribution in [0.1, 0.15) is 17.0 Å². The number of rotatable bonds is 6. The van der Waals surface area contributed by atoms with Crippen molar-refractivity contribution < 1.29 is 9.21 Å². The summed E-state index contributed by atoms with van der Waals surface area (Å²) in [6.07, 6.45) is 4.65. The lowest BCUT2D eigenvalue weighted by Gasteiger charge is -2.12. The summed E-state index contributed by atoms with van der Waals surface area (Å²) in [6.45, 7) is 2.04. The quantitative estimate of drug-likeness (QED) is 0.240. The number of hydrogen-bond donors (Lipinski definition) is 1. The van der Waals surface area contributed by atoms with E-state index < -0.39 is 5.91 Å². The summed E-state index contributed by atoms with van der Waals surface area (Å²) < 4.78 is 10.2. The third-order valence-corrected chi connectivity index (χ3v) is 7.90. The summed E-state index contributed by atoms with van der Waals surface area (Å²) in [5.74, 6) is 0.456. The zero-order chi connectivity index (χ0) is 28.0. The maximum Gasteiger partial charge on any atom is 0.296 e. The first-order valence-corrected chi connectivity index (χ1v) is 13.5. The Kier molecular flexibility index (Phi) is 6.48. The molecule has 0 radical (unpaired) electrons. The van der Waals surface area contributed by atoms with Gasteiger partial charge in [-0.05, 0) is 49.4 Å². The standard InChI is InChI=1S/C28H22N6O4S2/c1-17-23(27(37)34(31(17)2)18-9-4-3-5-10-18)33-26(36)21(40-28(33)39)15-20-24(29-16-19-11-8-14-38-19)30-22-12-6-7-13-32(22)25(20)35/h3-15,29H,16H2,1-2H3. The summed E-state index contributed by atoms with van der Waals surface area (Å²) >= 11 is 6.60. The van der Waals surface area contributed by atoms with Gasteiger partial charge in [0.05, 0.1) is 34.7 Å². The number of benzene rings is 1. The molecule has 200 valence electrons. The number of carbonyl (C=O) groups excluding carboxylic acids is 1. The van der Waals surface area contributed by atoms with Crippen molar-refractivity contribution in [1.29, 1.82) is 0 Å². The summed E-state index contributed by atoms with van der Waals surface area (Å²) in [7, 11) is 1.75. The van der Waals surface area contributed by atoms with E-state index in [9.17, 15) is 14.4 Å². The molecule has 4 aromatic heterocycles. The highest BCUT2D eigenvalue weighted by Crippen LogP contribution is 2.36. The Bertz CT molecular complexity index is 1940. The van der Waals surface area contributed by atoms with Gasteiger partial charge in [0.1, 0.15) is 22.9 Å². The molecule has 0 bridgehead atoms. The van der Waals surface area contributed by atoms with Gasteiger partial charge in [-0.15, -0.1) is 0 Å². The Morgan fingerprint density at radius 1 is 1.02 bits per heavy atom. The van der Waals surface area contributed by atoms with Crippen LogP contribution in [-0.2, 0) is 18.4 Å². The number of carbonyl (C=O) groups is 1. The van der Waals surface area contributed by atoms with E-state index >= 15 is 0 Å². The van der Waals surface area contributed by atoms with Crippen molar-refractivity contribution in [3.63, 3.8) is 0 Å². The molecule has 0 saturated carbocycles. The minimum atomic E-state index is -0.490. The molecular weight excluding hydrogens is 548 g/mol. The first-order valence-electron chi connectivity index (χ1n) is 12.2. The van der Waals surface area contributed by atoms with E-state index in [-0.39, 0.29) is 38.1 Å². The minimum absolute atomic E-state index is 0.168. The molecule has 1 saturated heterocycles. The molecule has 1 amide bonds. The Hall–Kier alpha value is -4.68. The summed E-state index contributed by atoms with van der Waals surface area (Å²) in [4.78, 5) is 46.9. The van der Waals surface area contributed by atoms with E-state index in [2.05, 4.69) is 10.3 Å². The molecule has 1 aromatic carbocycles. The molecule has 0 unspecified atom stereocenters. The van der Waals surface area contributed by atoms with Crippen molar-refractivity contribution in [3.8, 4) is 5.69 Å². The zero-order valence-corrected chi connectivity index (χ0v) is 23.0. The highest BCUT2D eigenvalue weighted by molar-refractivity contribution is 8.27. The Morgan fingerprint density at radius 3 is 2.55 bits per heavy atom. The SMILES string of the molecule is Cc1c(N2C(=O)C(=Cc3c(NCc4ccco4)nc4ccccn4c3=O)SC2=S)c(=O)n(-c2ccccc2)n1C. The van der Waals surface area contributed by atoms with Crippen LogP contribution in [0.15, 0.2) is 92.0 Å². The number of amides is 1. The van der Waals surface area contributed by atoms with Gasteiger partial charge in [-0.3, -0.25) is 28.4 Å². The molecule has 12 heteroatoms. The average Bonchev–Trinajstić information content (AvgIpc) is 3.63. The predicted molar refractivity (Wildman–Crippen MR) is 159 cm³/mol. The molecule has 0 aliphatic carbocycles. The molecule has 0 atom stereocenters. The number of fused-ring (bicyclic) bond motifs is 1. The van der Waals surface area contributed by atoms with E-state index in [4.69, 9.17) is 16.6 Å². The van der Waals surface area contributed by atoms with Gasteiger partial charge in [-0.1, -0.05) is 48.2 Å². The van der Waals surface area contributed by atoms with Crippen LogP contribution < -0.4 is 21.3 Å². The van der Waals surface area contributed by atoms with Crippen LogP contribution in [-0.4, -0.2) is 29.0 Å². The number of anilines is 2. The second-order valence-electron chi connectivity index (χ2n) is 8.97. The number of thioether (sulfide) groups is 1. The number of hydrogen-bond acceptors (Lipinski definition) is 8. The number of aromatic nitrogens is 4. The maximum absolute atomic E-state index is 13.7. The number of nitrogens with one attached hydrogen (secondary N) is 1. The maximum atomic E-state index is 13.7. The largest absolute Gasteiger partial charge is 0.467 e. The van der Waals surface area contributed by atoms with Gasteiger partial charge in [-0.25, -0.2) is 9.67 Å². The van der Waals surface area contributed by atoms with Gasteiger partial charge in [0.2, 0.25) is 0 Å². The molecule has 1 N–H and O–H groups in total. The fourth-order valence-electron chi connectivity index (χ4n) is 4.55. The third kappa shape index (κ3) is 4.27. The van der Waals surface area contributed by atoms with Crippen LogP contribution in [0.4, 0.5) is 11.5 Å². The molecular formula is C28H22N6O4S2. The fraction of sp³-hybridized carbons (Fsp3) is 0.107. The number of furan rings is 1. The Labute approximate surface area is 237 Å². The van der Waals surface area contributed by atoms with E-state index in [1.54, 1.807) is 61.4 Å². The molecule has 5 aromatic rings. The van der Waals surface area contributed by atoms with Crippen molar-refractivity contribution in [1.82, 2.24) is 18.7 Å². The third-order valence-electron chi connectivity index (χ3n) is 6.60. The molecule has 6 rings (SSSR count). The zero-order valence-electron chi connectivity index (χ0n) is 21.4. The van der Waals surface area contributed by atoms with Gasteiger partial charge in [-0.2, -0.15) is 0 Å². The smallest absolute Gasteiger partial charge is 0.296 e. The van der Waals surface area contributed by atoms with Crippen molar-refractivity contribution >= 4 is 57.4 Å². The number of thiocarbonyl (C=S) groups is 1. The summed E-state index contributed by atoms with van der Waals surface area (Å²) in [5, 5.41) is 3.15. The number of pyridine rings is 1. The van der Waals surface area contributed by atoms with E-state index in [1.807, 2.05) is 30.3 Å². The molecule has 1 fully saturated rings. The van der Waals surface area contributed by atoms with Crippen molar-refractivity contribution in [2.24, 2.45) is 7.05 Å². The first kappa shape index (κ1) is 25.6. The van der Waals surface area contributed by atoms with Gasteiger partial charge in [0.25, 0.3) is 17.0 Å². The molecule has 1 aliphatic rings. The summed E-state index contributed by atoms with van der Waals surface area (Å²) in [5.41, 5.74) is 1.29. The monoisotopic (exact) mass is 570 g/mol. The minimum Gasteiger partial charge on any atom is -0.467 e. The van der Waals surface area contributed by atoms with Crippen molar-refractivity contribution in [2.75, 3.05) is 10.2 Å². The normalized spacial score (nSPS) is 14.6. The van der Waals surface area contributed by atoms with Crippen molar-refractivity contribution in [2.45, 2.75) is 13.5 Å². The van der Waals surface area contributed by atoms with E-state index in [0.29, 0.717) is 28.6 Å². The van der Waals surface area contributed by atoms with Crippen molar-refractivity contribution in [3.05, 3.63) is 116 Å². The van der Waals surface area contributed by atoms with Crippen LogP contribution in [0, 0.1) is 6.92 Å². The molecule has 40 heavy (non-hydrogen) atoms. The second-order valence-corrected chi connectivity index (χ2v) is 10.6. The van der Waals surface area contributed by atoms with E-state index in [0.717, 1.165) is 11.8 Å².